The number of likely N-dealkylation sites (tertiary alicyclic amines) is 1. The Kier molecular flexibility index (Phi) is 5.82. The van der Waals surface area contributed by atoms with E-state index in [0.29, 0.717) is 0 Å². The standard InChI is InChI=1S/C19H27N3/c1-5-20-14-18(19-11-15(2)13-21-17(19)4)12-16(3)22-9-7-6-8-10-22/h5,11-14,20H,1,6-10H2,2-4H3/b16-12+,18-14+. The van der Waals surface area contributed by atoms with Crippen LogP contribution in [0.3, 0.4) is 0 Å². The number of piperidine rings is 1. The third kappa shape index (κ3) is 4.23. The summed E-state index contributed by atoms with van der Waals surface area (Å²) in [6.07, 6.45) is 11.8. The predicted molar refractivity (Wildman–Crippen MR) is 94.2 cm³/mol. The lowest BCUT2D eigenvalue weighted by atomic mass is 10.0. The number of allylic oxidation sites excluding steroid dienone is 3. The first-order valence-corrected chi connectivity index (χ1v) is 8.06. The fraction of sp³-hybridized carbons (Fsp3) is 0.421. The number of rotatable bonds is 5. The Balaban J connectivity index is 2.33. The van der Waals surface area contributed by atoms with Gasteiger partial charge in [0.05, 0.1) is 0 Å². The highest BCUT2D eigenvalue weighted by atomic mass is 15.1. The van der Waals surface area contributed by atoms with E-state index in [9.17, 15) is 0 Å². The lowest BCUT2D eigenvalue weighted by Crippen LogP contribution is -2.28. The van der Waals surface area contributed by atoms with Crippen LogP contribution >= 0.6 is 0 Å². The van der Waals surface area contributed by atoms with Gasteiger partial charge >= 0.3 is 0 Å². The number of pyridine rings is 1. The molecule has 1 fully saturated rings. The van der Waals surface area contributed by atoms with E-state index < -0.39 is 0 Å². The summed E-state index contributed by atoms with van der Waals surface area (Å²) in [6.45, 7) is 12.4. The summed E-state index contributed by atoms with van der Waals surface area (Å²) in [7, 11) is 0. The van der Waals surface area contributed by atoms with E-state index in [1.165, 1.54) is 36.1 Å². The molecular weight excluding hydrogens is 270 g/mol. The van der Waals surface area contributed by atoms with Crippen LogP contribution < -0.4 is 5.32 Å². The normalized spacial score (nSPS) is 16.6. The number of nitrogens with zero attached hydrogens (tertiary/aromatic N) is 2. The van der Waals surface area contributed by atoms with E-state index in [-0.39, 0.29) is 0 Å². The molecule has 1 N–H and O–H groups in total. The lowest BCUT2D eigenvalue weighted by Gasteiger charge is -2.29. The van der Waals surface area contributed by atoms with Gasteiger partial charge in [0.15, 0.2) is 0 Å². The van der Waals surface area contributed by atoms with Gasteiger partial charge in [0, 0.05) is 48.0 Å². The quantitative estimate of drug-likeness (QED) is 0.827. The first kappa shape index (κ1) is 16.3. The zero-order chi connectivity index (χ0) is 15.9. The Morgan fingerprint density at radius 1 is 1.27 bits per heavy atom. The summed E-state index contributed by atoms with van der Waals surface area (Å²) in [5.74, 6) is 0. The van der Waals surface area contributed by atoms with E-state index >= 15 is 0 Å². The maximum Gasteiger partial charge on any atom is 0.0451 e. The second kappa shape index (κ2) is 7.83. The van der Waals surface area contributed by atoms with Gasteiger partial charge in [-0.3, -0.25) is 4.98 Å². The summed E-state index contributed by atoms with van der Waals surface area (Å²) in [6, 6.07) is 2.19. The third-order valence-electron chi connectivity index (χ3n) is 4.11. The summed E-state index contributed by atoms with van der Waals surface area (Å²) in [5, 5.41) is 3.11. The molecule has 0 spiro atoms. The molecule has 0 radical (unpaired) electrons. The Hall–Kier alpha value is -2.03. The average Bonchev–Trinajstić information content (AvgIpc) is 2.54. The van der Waals surface area contributed by atoms with Crippen molar-refractivity contribution in [2.24, 2.45) is 0 Å². The Bertz CT molecular complexity index is 578. The van der Waals surface area contributed by atoms with Crippen LogP contribution in [-0.2, 0) is 0 Å². The predicted octanol–water partition coefficient (Wildman–Crippen LogP) is 4.16. The number of aryl methyl sites for hydroxylation is 2. The molecule has 0 aromatic carbocycles. The van der Waals surface area contributed by atoms with Crippen molar-refractivity contribution in [3.63, 3.8) is 0 Å². The first-order chi connectivity index (χ1) is 10.6. The van der Waals surface area contributed by atoms with Gasteiger partial charge in [-0.25, -0.2) is 0 Å². The Morgan fingerprint density at radius 2 is 2.00 bits per heavy atom. The molecular formula is C19H27N3. The van der Waals surface area contributed by atoms with Gasteiger partial charge < -0.3 is 10.2 Å². The molecule has 3 heteroatoms. The summed E-state index contributed by atoms with van der Waals surface area (Å²) in [4.78, 5) is 6.97. The summed E-state index contributed by atoms with van der Waals surface area (Å²) >= 11 is 0. The van der Waals surface area contributed by atoms with Crippen molar-refractivity contribution in [3.8, 4) is 0 Å². The van der Waals surface area contributed by atoms with Gasteiger partial charge in [-0.2, -0.15) is 0 Å². The van der Waals surface area contributed by atoms with E-state index in [1.807, 2.05) is 12.4 Å². The molecule has 0 amide bonds. The minimum absolute atomic E-state index is 1.05. The zero-order valence-electron chi connectivity index (χ0n) is 14.0. The first-order valence-electron chi connectivity index (χ1n) is 8.06. The van der Waals surface area contributed by atoms with Crippen LogP contribution in [0.1, 0.15) is 43.0 Å². The molecule has 1 saturated heterocycles. The van der Waals surface area contributed by atoms with Crippen LogP contribution in [0, 0.1) is 13.8 Å². The SMILES string of the molecule is C=CN/C=C(\C=C(/C)N1CCCCC1)c1cc(C)cnc1C. The molecule has 1 aromatic heterocycles. The molecule has 0 saturated carbocycles. The van der Waals surface area contributed by atoms with Gasteiger partial charge in [-0.05, 0) is 63.9 Å². The minimum atomic E-state index is 1.05. The van der Waals surface area contributed by atoms with E-state index in [4.69, 9.17) is 0 Å². The average molecular weight is 297 g/mol. The highest BCUT2D eigenvalue weighted by molar-refractivity contribution is 5.75. The molecule has 1 aliphatic rings. The molecule has 0 aliphatic carbocycles. The molecule has 0 bridgehead atoms. The number of hydrogen-bond acceptors (Lipinski definition) is 3. The fourth-order valence-electron chi connectivity index (χ4n) is 2.84. The molecule has 0 atom stereocenters. The van der Waals surface area contributed by atoms with Gasteiger partial charge in [-0.1, -0.05) is 6.58 Å². The topological polar surface area (TPSA) is 28.2 Å². The number of aromatic nitrogens is 1. The monoisotopic (exact) mass is 297 g/mol. The summed E-state index contributed by atoms with van der Waals surface area (Å²) in [5.41, 5.74) is 5.86. The molecule has 2 heterocycles. The highest BCUT2D eigenvalue weighted by Gasteiger charge is 2.12. The van der Waals surface area contributed by atoms with Crippen molar-refractivity contribution in [1.82, 2.24) is 15.2 Å². The third-order valence-corrected chi connectivity index (χ3v) is 4.11. The van der Waals surface area contributed by atoms with Crippen molar-refractivity contribution in [2.75, 3.05) is 13.1 Å². The molecule has 1 aliphatic heterocycles. The van der Waals surface area contributed by atoms with E-state index in [0.717, 1.165) is 24.4 Å². The van der Waals surface area contributed by atoms with Gasteiger partial charge in [0.2, 0.25) is 0 Å². The van der Waals surface area contributed by atoms with Crippen LogP contribution in [-0.4, -0.2) is 23.0 Å². The smallest absolute Gasteiger partial charge is 0.0451 e. The van der Waals surface area contributed by atoms with Crippen molar-refractivity contribution in [1.29, 1.82) is 0 Å². The number of hydrogen-bond donors (Lipinski definition) is 1. The lowest BCUT2D eigenvalue weighted by molar-refractivity contribution is 0.286. The van der Waals surface area contributed by atoms with Crippen LogP contribution in [0.25, 0.3) is 5.57 Å². The number of nitrogens with one attached hydrogen (secondary N) is 1. The largest absolute Gasteiger partial charge is 0.375 e. The van der Waals surface area contributed by atoms with Crippen LogP contribution in [0.5, 0.6) is 0 Å². The minimum Gasteiger partial charge on any atom is -0.375 e. The highest BCUT2D eigenvalue weighted by Crippen LogP contribution is 2.23. The van der Waals surface area contributed by atoms with Crippen molar-refractivity contribution in [3.05, 3.63) is 59.8 Å². The molecule has 1 aromatic rings. The Morgan fingerprint density at radius 3 is 2.68 bits per heavy atom. The molecule has 22 heavy (non-hydrogen) atoms. The van der Waals surface area contributed by atoms with Crippen molar-refractivity contribution in [2.45, 2.75) is 40.0 Å². The van der Waals surface area contributed by atoms with Crippen molar-refractivity contribution >= 4 is 5.57 Å². The van der Waals surface area contributed by atoms with Gasteiger partial charge in [-0.15, -0.1) is 0 Å². The van der Waals surface area contributed by atoms with E-state index in [2.05, 4.69) is 54.7 Å². The second-order valence-electron chi connectivity index (χ2n) is 5.95. The molecule has 3 nitrogen and oxygen atoms in total. The van der Waals surface area contributed by atoms with Crippen LogP contribution in [0.2, 0.25) is 0 Å². The second-order valence-corrected chi connectivity index (χ2v) is 5.95. The summed E-state index contributed by atoms with van der Waals surface area (Å²) < 4.78 is 0. The maximum absolute atomic E-state index is 4.49. The van der Waals surface area contributed by atoms with Gasteiger partial charge in [0.1, 0.15) is 0 Å². The fourth-order valence-corrected chi connectivity index (χ4v) is 2.84. The van der Waals surface area contributed by atoms with Crippen LogP contribution in [0.4, 0.5) is 0 Å². The van der Waals surface area contributed by atoms with Crippen molar-refractivity contribution < 1.29 is 0 Å². The zero-order valence-corrected chi connectivity index (χ0v) is 14.0. The molecule has 0 unspecified atom stereocenters. The molecule has 2 rings (SSSR count). The molecule has 118 valence electrons. The van der Waals surface area contributed by atoms with Gasteiger partial charge in [0.25, 0.3) is 0 Å². The van der Waals surface area contributed by atoms with E-state index in [1.54, 1.807) is 6.20 Å². The van der Waals surface area contributed by atoms with Crippen LogP contribution in [0.15, 0.2) is 43.0 Å². The Labute approximate surface area is 134 Å². The maximum atomic E-state index is 4.49.